The summed E-state index contributed by atoms with van der Waals surface area (Å²) in [7, 11) is 0. The number of benzene rings is 1. The number of halogens is 4. The summed E-state index contributed by atoms with van der Waals surface area (Å²) < 4.78 is 42.4. The molecular formula is C13H10ClF3N2O2. The first-order chi connectivity index (χ1) is 9.74. The molecule has 0 aliphatic carbocycles. The monoisotopic (exact) mass is 318 g/mol. The van der Waals surface area contributed by atoms with E-state index in [9.17, 15) is 18.0 Å². The van der Waals surface area contributed by atoms with Crippen molar-refractivity contribution in [1.82, 2.24) is 0 Å². The molecule has 1 amide bonds. The van der Waals surface area contributed by atoms with Gasteiger partial charge in [-0.05, 0) is 24.6 Å². The van der Waals surface area contributed by atoms with Gasteiger partial charge >= 0.3 is 12.3 Å². The minimum atomic E-state index is -4.42. The standard InChI is InChI=1S/C13H10ClF3N2O2/c1-7-10(3-2-8(5-18)11(7)14)19-9(4-13(15,16)17)6-21-12(19)20/h2-3,9H,4,6H2,1H3. The lowest BCUT2D eigenvalue weighted by atomic mass is 10.1. The molecule has 4 nitrogen and oxygen atoms in total. The highest BCUT2D eigenvalue weighted by Crippen LogP contribution is 2.36. The summed E-state index contributed by atoms with van der Waals surface area (Å²) in [5, 5.41) is 8.98. The van der Waals surface area contributed by atoms with Crippen LogP contribution in [0.15, 0.2) is 12.1 Å². The molecule has 112 valence electrons. The van der Waals surface area contributed by atoms with E-state index < -0.39 is 24.7 Å². The number of hydrogen-bond acceptors (Lipinski definition) is 3. The largest absolute Gasteiger partial charge is 0.447 e. The van der Waals surface area contributed by atoms with Crippen LogP contribution >= 0.6 is 11.6 Å². The highest BCUT2D eigenvalue weighted by atomic mass is 35.5. The SMILES string of the molecule is Cc1c(N2C(=O)OCC2CC(F)(F)F)ccc(C#N)c1Cl. The summed E-state index contributed by atoms with van der Waals surface area (Å²) in [5.74, 6) is 0. The first-order valence-electron chi connectivity index (χ1n) is 5.96. The Morgan fingerprint density at radius 3 is 2.76 bits per heavy atom. The van der Waals surface area contributed by atoms with Crippen molar-refractivity contribution in [3.05, 3.63) is 28.3 Å². The molecular weight excluding hydrogens is 309 g/mol. The first-order valence-corrected chi connectivity index (χ1v) is 6.34. The molecule has 1 heterocycles. The first kappa shape index (κ1) is 15.4. The van der Waals surface area contributed by atoms with Gasteiger partial charge in [-0.2, -0.15) is 18.4 Å². The van der Waals surface area contributed by atoms with Crippen molar-refractivity contribution in [2.24, 2.45) is 0 Å². The molecule has 0 N–H and O–H groups in total. The maximum atomic E-state index is 12.6. The zero-order chi connectivity index (χ0) is 15.8. The van der Waals surface area contributed by atoms with Gasteiger partial charge in [0, 0.05) is 0 Å². The van der Waals surface area contributed by atoms with Gasteiger partial charge in [-0.1, -0.05) is 11.6 Å². The van der Waals surface area contributed by atoms with Crippen molar-refractivity contribution < 1.29 is 22.7 Å². The van der Waals surface area contributed by atoms with E-state index in [4.69, 9.17) is 21.6 Å². The second-order valence-corrected chi connectivity index (χ2v) is 4.98. The molecule has 0 aromatic heterocycles. The number of amides is 1. The Morgan fingerprint density at radius 1 is 1.52 bits per heavy atom. The van der Waals surface area contributed by atoms with Crippen molar-refractivity contribution in [3.8, 4) is 6.07 Å². The number of anilines is 1. The van der Waals surface area contributed by atoms with Crippen LogP contribution in [0, 0.1) is 18.3 Å². The summed E-state index contributed by atoms with van der Waals surface area (Å²) in [6, 6.07) is 3.49. The lowest BCUT2D eigenvalue weighted by Gasteiger charge is -2.24. The van der Waals surface area contributed by atoms with Gasteiger partial charge in [-0.15, -0.1) is 0 Å². The van der Waals surface area contributed by atoms with Crippen LogP contribution in [0.5, 0.6) is 0 Å². The van der Waals surface area contributed by atoms with E-state index in [-0.39, 0.29) is 22.9 Å². The van der Waals surface area contributed by atoms with E-state index >= 15 is 0 Å². The maximum absolute atomic E-state index is 12.6. The van der Waals surface area contributed by atoms with Crippen LogP contribution in [0.1, 0.15) is 17.5 Å². The average Bonchev–Trinajstić information content (AvgIpc) is 2.72. The van der Waals surface area contributed by atoms with E-state index in [2.05, 4.69) is 0 Å². The molecule has 1 aliphatic heterocycles. The summed E-state index contributed by atoms with van der Waals surface area (Å²) in [6.45, 7) is 1.20. The Bertz CT molecular complexity index is 625. The third kappa shape index (κ3) is 3.05. The molecule has 1 unspecified atom stereocenters. The summed E-state index contributed by atoms with van der Waals surface area (Å²) >= 11 is 5.98. The lowest BCUT2D eigenvalue weighted by Crippen LogP contribution is -2.37. The molecule has 8 heteroatoms. The minimum absolute atomic E-state index is 0.112. The fraction of sp³-hybridized carbons (Fsp3) is 0.385. The fourth-order valence-corrected chi connectivity index (χ4v) is 2.40. The van der Waals surface area contributed by atoms with Crippen LogP contribution in [0.4, 0.5) is 23.7 Å². The molecule has 0 saturated carbocycles. The highest BCUT2D eigenvalue weighted by molar-refractivity contribution is 6.33. The predicted octanol–water partition coefficient (Wildman–Crippen LogP) is 3.80. The van der Waals surface area contributed by atoms with Crippen LogP contribution in [-0.2, 0) is 4.74 Å². The van der Waals surface area contributed by atoms with Gasteiger partial charge in [-0.25, -0.2) is 4.79 Å². The van der Waals surface area contributed by atoms with Gasteiger partial charge in [0.05, 0.1) is 28.7 Å². The topological polar surface area (TPSA) is 53.3 Å². The van der Waals surface area contributed by atoms with E-state index in [1.54, 1.807) is 0 Å². The summed E-state index contributed by atoms with van der Waals surface area (Å²) in [5.41, 5.74) is 0.773. The number of carbonyl (C=O) groups is 1. The molecule has 1 aliphatic rings. The Labute approximate surface area is 123 Å². The molecule has 1 saturated heterocycles. The predicted molar refractivity (Wildman–Crippen MR) is 69.2 cm³/mol. The van der Waals surface area contributed by atoms with Crippen molar-refractivity contribution in [3.63, 3.8) is 0 Å². The second kappa shape index (κ2) is 5.45. The molecule has 0 radical (unpaired) electrons. The number of carbonyl (C=O) groups excluding carboxylic acids is 1. The van der Waals surface area contributed by atoms with Crippen LogP contribution in [0.3, 0.4) is 0 Å². The van der Waals surface area contributed by atoms with Crippen LogP contribution < -0.4 is 4.90 Å². The molecule has 1 fully saturated rings. The van der Waals surface area contributed by atoms with Gasteiger partial charge in [0.2, 0.25) is 0 Å². The van der Waals surface area contributed by atoms with Crippen molar-refractivity contribution >= 4 is 23.4 Å². The van der Waals surface area contributed by atoms with Crippen molar-refractivity contribution in [1.29, 1.82) is 5.26 Å². The second-order valence-electron chi connectivity index (χ2n) is 4.60. The average molecular weight is 319 g/mol. The van der Waals surface area contributed by atoms with E-state index in [1.165, 1.54) is 19.1 Å². The fourth-order valence-electron chi connectivity index (χ4n) is 2.20. The van der Waals surface area contributed by atoms with Crippen LogP contribution in [0.2, 0.25) is 5.02 Å². The number of rotatable bonds is 2. The van der Waals surface area contributed by atoms with E-state index in [1.807, 2.05) is 6.07 Å². The zero-order valence-corrected chi connectivity index (χ0v) is 11.6. The number of ether oxygens (including phenoxy) is 1. The molecule has 1 aromatic carbocycles. The molecule has 21 heavy (non-hydrogen) atoms. The molecule has 1 aromatic rings. The van der Waals surface area contributed by atoms with Gasteiger partial charge < -0.3 is 4.74 Å². The van der Waals surface area contributed by atoms with Gasteiger partial charge in [0.25, 0.3) is 0 Å². The van der Waals surface area contributed by atoms with Crippen LogP contribution in [-0.4, -0.2) is 24.9 Å². The number of nitrogens with zero attached hydrogens (tertiary/aromatic N) is 2. The Morgan fingerprint density at radius 2 is 2.19 bits per heavy atom. The number of hydrogen-bond donors (Lipinski definition) is 0. The Hall–Kier alpha value is -1.94. The third-order valence-electron chi connectivity index (χ3n) is 3.17. The Balaban J connectivity index is 2.41. The quantitative estimate of drug-likeness (QED) is 0.833. The molecule has 0 spiro atoms. The van der Waals surface area contributed by atoms with E-state index in [0.29, 0.717) is 5.56 Å². The number of nitriles is 1. The zero-order valence-electron chi connectivity index (χ0n) is 10.9. The van der Waals surface area contributed by atoms with E-state index in [0.717, 1.165) is 4.90 Å². The van der Waals surface area contributed by atoms with Crippen molar-refractivity contribution in [2.45, 2.75) is 25.6 Å². The van der Waals surface area contributed by atoms with Gasteiger partial charge in [-0.3, -0.25) is 4.90 Å². The third-order valence-corrected chi connectivity index (χ3v) is 3.65. The van der Waals surface area contributed by atoms with Gasteiger partial charge in [0.15, 0.2) is 0 Å². The molecule has 0 bridgehead atoms. The maximum Gasteiger partial charge on any atom is 0.414 e. The summed E-state index contributed by atoms with van der Waals surface area (Å²) in [6.07, 6.45) is -6.44. The summed E-state index contributed by atoms with van der Waals surface area (Å²) in [4.78, 5) is 12.7. The lowest BCUT2D eigenvalue weighted by molar-refractivity contribution is -0.138. The van der Waals surface area contributed by atoms with Gasteiger partial charge in [0.1, 0.15) is 12.7 Å². The highest BCUT2D eigenvalue weighted by Gasteiger charge is 2.42. The Kier molecular flexibility index (Phi) is 4.01. The number of alkyl halides is 3. The number of cyclic esters (lactones) is 1. The molecule has 2 rings (SSSR count). The normalized spacial score (nSPS) is 18.6. The minimum Gasteiger partial charge on any atom is -0.447 e. The smallest absolute Gasteiger partial charge is 0.414 e. The van der Waals surface area contributed by atoms with Crippen LogP contribution in [0.25, 0.3) is 0 Å². The molecule has 1 atom stereocenters. The van der Waals surface area contributed by atoms with Crippen molar-refractivity contribution in [2.75, 3.05) is 11.5 Å².